The van der Waals surface area contributed by atoms with Crippen LogP contribution in [0.2, 0.25) is 5.15 Å². The number of rotatable bonds is 0. The largest absolute Gasteiger partial charge is 0.396 e. The van der Waals surface area contributed by atoms with Crippen molar-refractivity contribution in [2.45, 2.75) is 13.8 Å². The summed E-state index contributed by atoms with van der Waals surface area (Å²) >= 11 is 5.86. The summed E-state index contributed by atoms with van der Waals surface area (Å²) in [7, 11) is 0. The minimum absolute atomic E-state index is 0.379. The van der Waals surface area contributed by atoms with E-state index in [9.17, 15) is 0 Å². The molecule has 2 N–H and O–H groups in total. The van der Waals surface area contributed by atoms with Gasteiger partial charge in [-0.15, -0.1) is 0 Å². The van der Waals surface area contributed by atoms with E-state index in [4.69, 9.17) is 17.3 Å². The van der Waals surface area contributed by atoms with Crippen molar-refractivity contribution in [3.63, 3.8) is 0 Å². The van der Waals surface area contributed by atoms with Gasteiger partial charge in [0.1, 0.15) is 0 Å². The van der Waals surface area contributed by atoms with Gasteiger partial charge < -0.3 is 5.73 Å². The smallest absolute Gasteiger partial charge is 0.152 e. The van der Waals surface area contributed by atoms with Crippen LogP contribution < -0.4 is 5.73 Å². The number of benzene rings is 1. The molecule has 1 aromatic carbocycles. The minimum Gasteiger partial charge on any atom is -0.396 e. The highest BCUT2D eigenvalue weighted by Crippen LogP contribution is 2.25. The molecule has 1 heterocycles. The summed E-state index contributed by atoms with van der Waals surface area (Å²) in [6.45, 7) is 4.08. The summed E-state index contributed by atoms with van der Waals surface area (Å²) in [5, 5.41) is 1.42. The van der Waals surface area contributed by atoms with Crippen LogP contribution >= 0.6 is 11.6 Å². The minimum atomic E-state index is 0.379. The molecule has 0 aliphatic rings. The summed E-state index contributed by atoms with van der Waals surface area (Å²) in [6.07, 6.45) is 0. The van der Waals surface area contributed by atoms with Crippen LogP contribution in [0.5, 0.6) is 0 Å². The number of hydrogen-bond acceptors (Lipinski definition) is 2. The fraction of sp³-hybridized carbons (Fsp3) is 0.182. The van der Waals surface area contributed by atoms with Gasteiger partial charge in [0.25, 0.3) is 0 Å². The maximum absolute atomic E-state index is 5.86. The van der Waals surface area contributed by atoms with Crippen LogP contribution in [-0.2, 0) is 0 Å². The highest BCUT2D eigenvalue weighted by molar-refractivity contribution is 6.32. The third-order valence-corrected chi connectivity index (χ3v) is 2.54. The van der Waals surface area contributed by atoms with E-state index in [0.717, 1.165) is 16.5 Å². The molecule has 0 atom stereocenters. The Balaban J connectivity index is 2.89. The van der Waals surface area contributed by atoms with E-state index in [1.165, 1.54) is 5.56 Å². The van der Waals surface area contributed by atoms with Crippen LogP contribution in [0.4, 0.5) is 5.69 Å². The fourth-order valence-corrected chi connectivity index (χ4v) is 1.78. The lowest BCUT2D eigenvalue weighted by atomic mass is 10.1. The summed E-state index contributed by atoms with van der Waals surface area (Å²) < 4.78 is 0. The molecule has 0 saturated carbocycles. The lowest BCUT2D eigenvalue weighted by molar-refractivity contribution is 1.34. The normalized spacial score (nSPS) is 10.8. The molecule has 0 saturated heterocycles. The Labute approximate surface area is 87.7 Å². The molecule has 72 valence electrons. The number of nitrogens with two attached hydrogens (primary N) is 1. The molecule has 2 rings (SSSR count). The first kappa shape index (κ1) is 9.28. The lowest BCUT2D eigenvalue weighted by Crippen LogP contribution is -1.92. The maximum atomic E-state index is 5.86. The van der Waals surface area contributed by atoms with Crippen molar-refractivity contribution in [1.29, 1.82) is 0 Å². The predicted molar refractivity (Wildman–Crippen MR) is 60.6 cm³/mol. The number of pyridine rings is 1. The molecular weight excluding hydrogens is 196 g/mol. The number of anilines is 1. The lowest BCUT2D eigenvalue weighted by Gasteiger charge is -2.05. The summed E-state index contributed by atoms with van der Waals surface area (Å²) in [4.78, 5) is 4.26. The molecular formula is C11H11ClN2. The third-order valence-electron chi connectivity index (χ3n) is 2.23. The topological polar surface area (TPSA) is 38.9 Å². The van der Waals surface area contributed by atoms with Gasteiger partial charge in [-0.2, -0.15) is 0 Å². The molecule has 1 aromatic heterocycles. The molecule has 0 amide bonds. The molecule has 0 radical (unpaired) electrons. The van der Waals surface area contributed by atoms with Crippen LogP contribution in [0.3, 0.4) is 0 Å². The monoisotopic (exact) mass is 206 g/mol. The molecule has 0 aliphatic carbocycles. The van der Waals surface area contributed by atoms with Crippen molar-refractivity contribution in [3.05, 3.63) is 34.5 Å². The number of fused-ring (bicyclic) bond motifs is 1. The zero-order valence-corrected chi connectivity index (χ0v) is 8.89. The van der Waals surface area contributed by atoms with E-state index in [2.05, 4.69) is 24.0 Å². The van der Waals surface area contributed by atoms with E-state index in [-0.39, 0.29) is 0 Å². The second-order valence-corrected chi connectivity index (χ2v) is 3.88. The van der Waals surface area contributed by atoms with Gasteiger partial charge >= 0.3 is 0 Å². The Morgan fingerprint density at radius 2 is 1.93 bits per heavy atom. The Morgan fingerprint density at radius 3 is 2.64 bits per heavy atom. The number of aromatic nitrogens is 1. The third kappa shape index (κ3) is 1.42. The zero-order chi connectivity index (χ0) is 10.3. The summed E-state index contributed by atoms with van der Waals surface area (Å²) in [5.41, 5.74) is 9.48. The van der Waals surface area contributed by atoms with Gasteiger partial charge in [0.2, 0.25) is 0 Å². The molecule has 3 heteroatoms. The van der Waals surface area contributed by atoms with Crippen molar-refractivity contribution >= 4 is 28.2 Å². The van der Waals surface area contributed by atoms with E-state index in [1.54, 1.807) is 0 Å². The standard InChI is InChI=1S/C11H11ClN2/c1-6-3-7(2)10-8(4-6)5-9(13)11(12)14-10/h3-5H,13H2,1-2H3. The molecule has 0 spiro atoms. The summed E-state index contributed by atoms with van der Waals surface area (Å²) in [5.74, 6) is 0. The number of nitrogen functional groups attached to an aromatic ring is 1. The van der Waals surface area contributed by atoms with Gasteiger partial charge in [-0.05, 0) is 31.5 Å². The van der Waals surface area contributed by atoms with Crippen molar-refractivity contribution in [1.82, 2.24) is 4.98 Å². The molecule has 0 aliphatic heterocycles. The van der Waals surface area contributed by atoms with Gasteiger partial charge in [0.15, 0.2) is 5.15 Å². The van der Waals surface area contributed by atoms with Gasteiger partial charge in [0.05, 0.1) is 11.2 Å². The quantitative estimate of drug-likeness (QED) is 0.673. The first-order chi connectivity index (χ1) is 6.58. The molecule has 2 nitrogen and oxygen atoms in total. The zero-order valence-electron chi connectivity index (χ0n) is 8.13. The Kier molecular flexibility index (Phi) is 2.08. The number of hydrogen-bond donors (Lipinski definition) is 1. The average molecular weight is 207 g/mol. The molecule has 14 heavy (non-hydrogen) atoms. The van der Waals surface area contributed by atoms with Crippen LogP contribution in [0, 0.1) is 13.8 Å². The van der Waals surface area contributed by atoms with Crippen molar-refractivity contribution in [2.24, 2.45) is 0 Å². The van der Waals surface area contributed by atoms with Gasteiger partial charge in [-0.1, -0.05) is 23.2 Å². The van der Waals surface area contributed by atoms with E-state index in [0.29, 0.717) is 10.8 Å². The van der Waals surface area contributed by atoms with E-state index < -0.39 is 0 Å². The Hall–Kier alpha value is -1.28. The highest BCUT2D eigenvalue weighted by Gasteiger charge is 2.04. The van der Waals surface area contributed by atoms with Crippen LogP contribution in [0.25, 0.3) is 10.9 Å². The first-order valence-corrected chi connectivity index (χ1v) is 4.78. The summed E-state index contributed by atoms with van der Waals surface area (Å²) in [6, 6.07) is 6.01. The van der Waals surface area contributed by atoms with Gasteiger partial charge in [0, 0.05) is 5.39 Å². The van der Waals surface area contributed by atoms with E-state index in [1.807, 2.05) is 13.0 Å². The van der Waals surface area contributed by atoms with Crippen LogP contribution in [-0.4, -0.2) is 4.98 Å². The Morgan fingerprint density at radius 1 is 1.21 bits per heavy atom. The van der Waals surface area contributed by atoms with Gasteiger partial charge in [-0.25, -0.2) is 4.98 Å². The maximum Gasteiger partial charge on any atom is 0.152 e. The first-order valence-electron chi connectivity index (χ1n) is 4.41. The molecule has 2 aromatic rings. The molecule has 0 fully saturated rings. The second-order valence-electron chi connectivity index (χ2n) is 3.52. The number of halogens is 1. The predicted octanol–water partition coefficient (Wildman–Crippen LogP) is 3.09. The van der Waals surface area contributed by atoms with Crippen LogP contribution in [0.1, 0.15) is 11.1 Å². The Bertz CT molecular complexity index is 506. The number of aryl methyl sites for hydroxylation is 2. The van der Waals surface area contributed by atoms with Crippen molar-refractivity contribution < 1.29 is 0 Å². The van der Waals surface area contributed by atoms with Crippen LogP contribution in [0.15, 0.2) is 18.2 Å². The average Bonchev–Trinajstić information content (AvgIpc) is 2.08. The fourth-order valence-electron chi connectivity index (χ4n) is 1.65. The highest BCUT2D eigenvalue weighted by atomic mass is 35.5. The number of nitrogens with zero attached hydrogens (tertiary/aromatic N) is 1. The molecule has 0 bridgehead atoms. The SMILES string of the molecule is Cc1cc(C)c2nc(Cl)c(N)cc2c1. The van der Waals surface area contributed by atoms with Crippen molar-refractivity contribution in [2.75, 3.05) is 5.73 Å². The van der Waals surface area contributed by atoms with Gasteiger partial charge in [-0.3, -0.25) is 0 Å². The van der Waals surface area contributed by atoms with Crippen molar-refractivity contribution in [3.8, 4) is 0 Å². The molecule has 0 unspecified atom stereocenters. The van der Waals surface area contributed by atoms with E-state index >= 15 is 0 Å². The second kappa shape index (κ2) is 3.14.